The highest BCUT2D eigenvalue weighted by Crippen LogP contribution is 2.20. The van der Waals surface area contributed by atoms with Gasteiger partial charge in [-0.05, 0) is 30.4 Å². The van der Waals surface area contributed by atoms with E-state index in [0.717, 1.165) is 5.56 Å². The third kappa shape index (κ3) is 3.01. The number of para-hydroxylation sites is 2. The zero-order valence-corrected chi connectivity index (χ0v) is 10.5. The molecule has 0 atom stereocenters. The van der Waals surface area contributed by atoms with Crippen LogP contribution < -0.4 is 4.74 Å². The standard InChI is InChI=1S/C16H14O3/c1-19-16-9-5-2-6-12(16)10-11-15(18)13-7-3-4-8-14(13)17/h2-11,17H,1H3/b11-10-. The second-order valence-corrected chi connectivity index (χ2v) is 3.96. The van der Waals surface area contributed by atoms with Gasteiger partial charge in [0, 0.05) is 5.56 Å². The van der Waals surface area contributed by atoms with Crippen molar-refractivity contribution >= 4 is 11.9 Å². The Hall–Kier alpha value is -2.55. The van der Waals surface area contributed by atoms with Crippen molar-refractivity contribution in [1.82, 2.24) is 0 Å². The number of ether oxygens (including phenoxy) is 1. The van der Waals surface area contributed by atoms with E-state index < -0.39 is 0 Å². The van der Waals surface area contributed by atoms with E-state index in [-0.39, 0.29) is 17.1 Å². The van der Waals surface area contributed by atoms with Crippen molar-refractivity contribution in [3.05, 3.63) is 65.7 Å². The highest BCUT2D eigenvalue weighted by atomic mass is 16.5. The Bertz CT molecular complexity index is 615. The van der Waals surface area contributed by atoms with Gasteiger partial charge >= 0.3 is 0 Å². The molecule has 2 aromatic rings. The summed E-state index contributed by atoms with van der Waals surface area (Å²) in [6.07, 6.45) is 3.10. The van der Waals surface area contributed by atoms with Crippen LogP contribution in [0.4, 0.5) is 0 Å². The van der Waals surface area contributed by atoms with Crippen LogP contribution in [0.1, 0.15) is 15.9 Å². The van der Waals surface area contributed by atoms with Crippen molar-refractivity contribution in [2.24, 2.45) is 0 Å². The molecule has 3 heteroatoms. The molecular formula is C16H14O3. The number of ketones is 1. The molecule has 0 spiro atoms. The lowest BCUT2D eigenvalue weighted by atomic mass is 10.1. The predicted octanol–water partition coefficient (Wildman–Crippen LogP) is 3.30. The van der Waals surface area contributed by atoms with E-state index in [1.165, 1.54) is 12.1 Å². The number of carbonyl (C=O) groups excluding carboxylic acids is 1. The lowest BCUT2D eigenvalue weighted by Gasteiger charge is -2.03. The van der Waals surface area contributed by atoms with Crippen LogP contribution >= 0.6 is 0 Å². The molecule has 0 radical (unpaired) electrons. The van der Waals surface area contributed by atoms with Gasteiger partial charge in [0.1, 0.15) is 11.5 Å². The molecule has 19 heavy (non-hydrogen) atoms. The van der Waals surface area contributed by atoms with Crippen molar-refractivity contribution in [2.75, 3.05) is 7.11 Å². The second kappa shape index (κ2) is 5.87. The SMILES string of the molecule is COc1ccccc1/C=C\C(=O)c1ccccc1O. The molecule has 0 saturated carbocycles. The monoisotopic (exact) mass is 254 g/mol. The summed E-state index contributed by atoms with van der Waals surface area (Å²) in [5, 5.41) is 9.60. The van der Waals surface area contributed by atoms with Crippen LogP contribution in [-0.4, -0.2) is 18.0 Å². The highest BCUT2D eigenvalue weighted by molar-refractivity contribution is 6.08. The number of phenols is 1. The lowest BCUT2D eigenvalue weighted by molar-refractivity contribution is 0.104. The van der Waals surface area contributed by atoms with Crippen molar-refractivity contribution in [3.8, 4) is 11.5 Å². The number of hydrogen-bond acceptors (Lipinski definition) is 3. The first-order valence-corrected chi connectivity index (χ1v) is 5.86. The van der Waals surface area contributed by atoms with Crippen LogP contribution in [0, 0.1) is 0 Å². The minimum absolute atomic E-state index is 0.0165. The molecule has 0 aliphatic heterocycles. The van der Waals surface area contributed by atoms with Gasteiger partial charge in [-0.25, -0.2) is 0 Å². The van der Waals surface area contributed by atoms with Gasteiger partial charge in [0.2, 0.25) is 0 Å². The summed E-state index contributed by atoms with van der Waals surface area (Å²) in [5.74, 6) is 0.435. The molecule has 0 unspecified atom stereocenters. The fraction of sp³-hybridized carbons (Fsp3) is 0.0625. The van der Waals surface area contributed by atoms with Crippen molar-refractivity contribution in [1.29, 1.82) is 0 Å². The minimum atomic E-state index is -0.246. The molecular weight excluding hydrogens is 240 g/mol. The zero-order chi connectivity index (χ0) is 13.7. The molecule has 96 valence electrons. The summed E-state index contributed by atoms with van der Waals surface area (Å²) < 4.78 is 5.20. The molecule has 0 bridgehead atoms. The Balaban J connectivity index is 2.24. The molecule has 0 amide bonds. The Labute approximate surface area is 111 Å². The first-order chi connectivity index (χ1) is 9.22. The smallest absolute Gasteiger partial charge is 0.189 e. The fourth-order valence-corrected chi connectivity index (χ4v) is 1.74. The molecule has 1 N–H and O–H groups in total. The van der Waals surface area contributed by atoms with Gasteiger partial charge in [-0.15, -0.1) is 0 Å². The van der Waals surface area contributed by atoms with E-state index in [4.69, 9.17) is 4.74 Å². The van der Waals surface area contributed by atoms with Gasteiger partial charge in [0.25, 0.3) is 0 Å². The predicted molar refractivity (Wildman–Crippen MR) is 74.5 cm³/mol. The molecule has 2 aromatic carbocycles. The van der Waals surface area contributed by atoms with Gasteiger partial charge in [0.15, 0.2) is 5.78 Å². The topological polar surface area (TPSA) is 46.5 Å². The van der Waals surface area contributed by atoms with Crippen molar-refractivity contribution in [3.63, 3.8) is 0 Å². The minimum Gasteiger partial charge on any atom is -0.507 e. The summed E-state index contributed by atoms with van der Waals surface area (Å²) in [7, 11) is 1.58. The Kier molecular flexibility index (Phi) is 3.98. The second-order valence-electron chi connectivity index (χ2n) is 3.96. The summed E-state index contributed by atoms with van der Waals surface area (Å²) in [6, 6.07) is 13.9. The third-order valence-corrected chi connectivity index (χ3v) is 2.72. The molecule has 0 aliphatic rings. The van der Waals surface area contributed by atoms with E-state index in [1.54, 1.807) is 31.4 Å². The highest BCUT2D eigenvalue weighted by Gasteiger charge is 2.07. The van der Waals surface area contributed by atoms with Gasteiger partial charge < -0.3 is 9.84 Å². The van der Waals surface area contributed by atoms with Gasteiger partial charge in [-0.1, -0.05) is 30.3 Å². The van der Waals surface area contributed by atoms with Crippen molar-refractivity contribution < 1.29 is 14.6 Å². The van der Waals surface area contributed by atoms with E-state index in [1.807, 2.05) is 24.3 Å². The van der Waals surface area contributed by atoms with E-state index in [2.05, 4.69) is 0 Å². The number of methoxy groups -OCH3 is 1. The van der Waals surface area contributed by atoms with Gasteiger partial charge in [-0.3, -0.25) is 4.79 Å². The number of benzene rings is 2. The van der Waals surface area contributed by atoms with E-state index >= 15 is 0 Å². The number of rotatable bonds is 4. The molecule has 3 nitrogen and oxygen atoms in total. The van der Waals surface area contributed by atoms with Crippen LogP contribution in [0.3, 0.4) is 0 Å². The maximum atomic E-state index is 12.0. The summed E-state index contributed by atoms with van der Waals surface area (Å²) >= 11 is 0. The maximum absolute atomic E-state index is 12.0. The first-order valence-electron chi connectivity index (χ1n) is 5.86. The maximum Gasteiger partial charge on any atom is 0.189 e. The lowest BCUT2D eigenvalue weighted by Crippen LogP contribution is -1.94. The number of allylic oxidation sites excluding steroid dienone is 1. The zero-order valence-electron chi connectivity index (χ0n) is 10.5. The largest absolute Gasteiger partial charge is 0.507 e. The van der Waals surface area contributed by atoms with Crippen LogP contribution in [0.2, 0.25) is 0 Å². The molecule has 0 aliphatic carbocycles. The normalized spacial score (nSPS) is 10.6. The molecule has 0 fully saturated rings. The van der Waals surface area contributed by atoms with Crippen LogP contribution in [0.25, 0.3) is 6.08 Å². The summed E-state index contributed by atoms with van der Waals surface area (Å²) in [6.45, 7) is 0. The van der Waals surface area contributed by atoms with E-state index in [0.29, 0.717) is 5.75 Å². The summed E-state index contributed by atoms with van der Waals surface area (Å²) in [5.41, 5.74) is 1.10. The Morgan fingerprint density at radius 2 is 1.79 bits per heavy atom. The number of aromatic hydroxyl groups is 1. The van der Waals surface area contributed by atoms with E-state index in [9.17, 15) is 9.90 Å². The third-order valence-electron chi connectivity index (χ3n) is 2.72. The number of hydrogen-bond donors (Lipinski definition) is 1. The first kappa shape index (κ1) is 12.9. The number of carbonyl (C=O) groups is 1. The Morgan fingerprint density at radius 3 is 2.53 bits per heavy atom. The van der Waals surface area contributed by atoms with Gasteiger partial charge in [-0.2, -0.15) is 0 Å². The summed E-state index contributed by atoms with van der Waals surface area (Å²) in [4.78, 5) is 12.0. The fourth-order valence-electron chi connectivity index (χ4n) is 1.74. The van der Waals surface area contributed by atoms with Gasteiger partial charge in [0.05, 0.1) is 12.7 Å². The molecule has 0 aromatic heterocycles. The average molecular weight is 254 g/mol. The molecule has 0 saturated heterocycles. The average Bonchev–Trinajstić information content (AvgIpc) is 2.45. The van der Waals surface area contributed by atoms with Crippen LogP contribution in [0.5, 0.6) is 11.5 Å². The molecule has 2 rings (SSSR count). The van der Waals surface area contributed by atoms with Crippen molar-refractivity contribution in [2.45, 2.75) is 0 Å². The number of phenolic OH excluding ortho intramolecular Hbond substituents is 1. The molecule has 0 heterocycles. The van der Waals surface area contributed by atoms with Crippen LogP contribution in [-0.2, 0) is 0 Å². The Morgan fingerprint density at radius 1 is 1.11 bits per heavy atom. The quantitative estimate of drug-likeness (QED) is 0.672. The van der Waals surface area contributed by atoms with Crippen LogP contribution in [0.15, 0.2) is 54.6 Å².